The summed E-state index contributed by atoms with van der Waals surface area (Å²) in [5, 5.41) is 2.84. The summed E-state index contributed by atoms with van der Waals surface area (Å²) in [5.41, 5.74) is 1.86. The van der Waals surface area contributed by atoms with E-state index in [0.29, 0.717) is 18.5 Å². The topological polar surface area (TPSA) is 52.7 Å². The van der Waals surface area contributed by atoms with Crippen LogP contribution in [0.3, 0.4) is 0 Å². The molecule has 5 nitrogen and oxygen atoms in total. The molecule has 0 radical (unpaired) electrons. The summed E-state index contributed by atoms with van der Waals surface area (Å²) in [7, 11) is 1.77. The lowest BCUT2D eigenvalue weighted by atomic mass is 10.1. The number of rotatable bonds is 4. The molecule has 2 amide bonds. The van der Waals surface area contributed by atoms with Crippen LogP contribution in [0.5, 0.6) is 0 Å². The first-order chi connectivity index (χ1) is 11.6. The van der Waals surface area contributed by atoms with Crippen LogP contribution in [0.1, 0.15) is 48.0 Å². The highest BCUT2D eigenvalue weighted by molar-refractivity contribution is 5.98. The quantitative estimate of drug-likeness (QED) is 0.919. The minimum absolute atomic E-state index is 0.00105. The minimum atomic E-state index is -0.376. The van der Waals surface area contributed by atoms with Crippen molar-refractivity contribution in [2.75, 3.05) is 26.7 Å². The Labute approximate surface area is 144 Å². The Balaban J connectivity index is 1.55. The molecule has 2 fully saturated rings. The summed E-state index contributed by atoms with van der Waals surface area (Å²) in [6.07, 6.45) is 5.93. The van der Waals surface area contributed by atoms with Gasteiger partial charge < -0.3 is 10.2 Å². The van der Waals surface area contributed by atoms with E-state index in [1.807, 2.05) is 24.3 Å². The van der Waals surface area contributed by atoms with E-state index in [1.165, 1.54) is 44.3 Å². The van der Waals surface area contributed by atoms with Crippen LogP contribution in [0.2, 0.25) is 0 Å². The van der Waals surface area contributed by atoms with Crippen molar-refractivity contribution in [3.63, 3.8) is 0 Å². The van der Waals surface area contributed by atoms with Crippen LogP contribution in [0, 0.1) is 0 Å². The highest BCUT2D eigenvalue weighted by atomic mass is 16.2. The van der Waals surface area contributed by atoms with E-state index in [0.717, 1.165) is 6.54 Å². The summed E-state index contributed by atoms with van der Waals surface area (Å²) >= 11 is 0. The van der Waals surface area contributed by atoms with Crippen LogP contribution in [-0.4, -0.2) is 54.3 Å². The third-order valence-corrected chi connectivity index (χ3v) is 5.05. The average Bonchev–Trinajstić information content (AvgIpc) is 2.80. The first kappa shape index (κ1) is 17.0. The molecule has 2 heterocycles. The number of benzene rings is 1. The Kier molecular flexibility index (Phi) is 5.51. The van der Waals surface area contributed by atoms with Gasteiger partial charge in [0.15, 0.2) is 0 Å². The van der Waals surface area contributed by atoms with Crippen molar-refractivity contribution in [2.45, 2.75) is 44.7 Å². The number of nitrogens with one attached hydrogen (secondary N) is 1. The Morgan fingerprint density at radius 3 is 2.33 bits per heavy atom. The number of likely N-dealkylation sites (tertiary alicyclic amines) is 2. The predicted molar refractivity (Wildman–Crippen MR) is 93.7 cm³/mol. The van der Waals surface area contributed by atoms with Gasteiger partial charge in [-0.15, -0.1) is 0 Å². The van der Waals surface area contributed by atoms with E-state index in [-0.39, 0.29) is 17.9 Å². The molecule has 0 spiro atoms. The Morgan fingerprint density at radius 2 is 1.75 bits per heavy atom. The standard InChI is InChI=1S/C19H27N3O2/c1-21-13-10-17(19(21)24)20-18(23)16-8-6-15(7-9-16)14-22-11-4-2-3-5-12-22/h6-9,17H,2-5,10-14H2,1H3,(H,20,23)/t17-/m1/s1. The first-order valence-corrected chi connectivity index (χ1v) is 9.00. The van der Waals surface area contributed by atoms with Crippen LogP contribution >= 0.6 is 0 Å². The fourth-order valence-electron chi connectivity index (χ4n) is 3.51. The first-order valence-electron chi connectivity index (χ1n) is 9.00. The molecule has 2 aliphatic rings. The van der Waals surface area contributed by atoms with Crippen molar-refractivity contribution < 1.29 is 9.59 Å². The number of carbonyl (C=O) groups excluding carboxylic acids is 2. The zero-order chi connectivity index (χ0) is 16.9. The molecule has 2 saturated heterocycles. The van der Waals surface area contributed by atoms with Gasteiger partial charge in [0.05, 0.1) is 0 Å². The predicted octanol–water partition coefficient (Wildman–Crippen LogP) is 2.02. The van der Waals surface area contributed by atoms with Gasteiger partial charge in [0.1, 0.15) is 6.04 Å². The summed E-state index contributed by atoms with van der Waals surface area (Å²) in [6.45, 7) is 3.99. The van der Waals surface area contributed by atoms with Crippen LogP contribution in [0.25, 0.3) is 0 Å². The number of hydrogen-bond donors (Lipinski definition) is 1. The lowest BCUT2D eigenvalue weighted by molar-refractivity contribution is -0.128. The van der Waals surface area contributed by atoms with Gasteiger partial charge >= 0.3 is 0 Å². The molecule has 5 heteroatoms. The maximum Gasteiger partial charge on any atom is 0.251 e. The zero-order valence-electron chi connectivity index (χ0n) is 14.5. The van der Waals surface area contributed by atoms with Gasteiger partial charge in [-0.3, -0.25) is 14.5 Å². The van der Waals surface area contributed by atoms with Crippen LogP contribution in [0.4, 0.5) is 0 Å². The summed E-state index contributed by atoms with van der Waals surface area (Å²) in [4.78, 5) is 28.3. The van der Waals surface area contributed by atoms with Gasteiger partial charge in [0, 0.05) is 25.7 Å². The molecule has 130 valence electrons. The van der Waals surface area contributed by atoms with Gasteiger partial charge in [-0.25, -0.2) is 0 Å². The SMILES string of the molecule is CN1CC[C@@H](NC(=O)c2ccc(CN3CCCCCC3)cc2)C1=O. The molecule has 1 aromatic rings. The minimum Gasteiger partial charge on any atom is -0.344 e. The third-order valence-electron chi connectivity index (χ3n) is 5.05. The molecule has 0 bridgehead atoms. The molecule has 1 aromatic carbocycles. The fourth-order valence-corrected chi connectivity index (χ4v) is 3.51. The highest BCUT2D eigenvalue weighted by Crippen LogP contribution is 2.14. The van der Waals surface area contributed by atoms with Gasteiger partial charge in [-0.1, -0.05) is 25.0 Å². The zero-order valence-corrected chi connectivity index (χ0v) is 14.5. The average molecular weight is 329 g/mol. The fraction of sp³-hybridized carbons (Fsp3) is 0.579. The lowest BCUT2D eigenvalue weighted by Gasteiger charge is -2.19. The molecule has 1 atom stereocenters. The van der Waals surface area contributed by atoms with Gasteiger partial charge in [-0.05, 0) is 50.0 Å². The van der Waals surface area contributed by atoms with E-state index < -0.39 is 0 Å². The Bertz CT molecular complexity index is 577. The largest absolute Gasteiger partial charge is 0.344 e. The molecule has 0 aliphatic carbocycles. The number of likely N-dealkylation sites (N-methyl/N-ethyl adjacent to an activating group) is 1. The van der Waals surface area contributed by atoms with Crippen molar-refractivity contribution in [2.24, 2.45) is 0 Å². The van der Waals surface area contributed by atoms with Crippen molar-refractivity contribution >= 4 is 11.8 Å². The number of carbonyl (C=O) groups is 2. The Hall–Kier alpha value is -1.88. The molecule has 24 heavy (non-hydrogen) atoms. The summed E-state index contributed by atoms with van der Waals surface area (Å²) < 4.78 is 0. The van der Waals surface area contributed by atoms with Gasteiger partial charge in [0.2, 0.25) is 5.91 Å². The van der Waals surface area contributed by atoms with Crippen molar-refractivity contribution in [3.8, 4) is 0 Å². The van der Waals surface area contributed by atoms with Crippen LogP contribution in [-0.2, 0) is 11.3 Å². The second-order valence-corrected chi connectivity index (χ2v) is 6.96. The van der Waals surface area contributed by atoms with Crippen LogP contribution < -0.4 is 5.32 Å². The van der Waals surface area contributed by atoms with Crippen LogP contribution in [0.15, 0.2) is 24.3 Å². The van der Waals surface area contributed by atoms with Crippen molar-refractivity contribution in [1.29, 1.82) is 0 Å². The second-order valence-electron chi connectivity index (χ2n) is 6.96. The molecule has 0 saturated carbocycles. The van der Waals surface area contributed by atoms with Gasteiger partial charge in [-0.2, -0.15) is 0 Å². The van der Waals surface area contributed by atoms with E-state index in [1.54, 1.807) is 11.9 Å². The van der Waals surface area contributed by atoms with Crippen molar-refractivity contribution in [1.82, 2.24) is 15.1 Å². The molecule has 2 aliphatic heterocycles. The van der Waals surface area contributed by atoms with E-state index in [4.69, 9.17) is 0 Å². The smallest absolute Gasteiger partial charge is 0.251 e. The number of amides is 2. The number of hydrogen-bond acceptors (Lipinski definition) is 3. The second kappa shape index (κ2) is 7.79. The lowest BCUT2D eigenvalue weighted by Crippen LogP contribution is -2.40. The Morgan fingerprint density at radius 1 is 1.08 bits per heavy atom. The maximum atomic E-state index is 12.3. The molecular weight excluding hydrogens is 302 g/mol. The van der Waals surface area contributed by atoms with Crippen molar-refractivity contribution in [3.05, 3.63) is 35.4 Å². The summed E-state index contributed by atoms with van der Waals surface area (Å²) in [5.74, 6) is -0.161. The normalized spacial score (nSPS) is 22.5. The number of nitrogens with zero attached hydrogens (tertiary/aromatic N) is 2. The molecule has 0 unspecified atom stereocenters. The third kappa shape index (κ3) is 4.15. The maximum absolute atomic E-state index is 12.3. The van der Waals surface area contributed by atoms with E-state index in [9.17, 15) is 9.59 Å². The van der Waals surface area contributed by atoms with E-state index in [2.05, 4.69) is 10.2 Å². The molecule has 3 rings (SSSR count). The monoisotopic (exact) mass is 329 g/mol. The molecule has 1 N–H and O–H groups in total. The van der Waals surface area contributed by atoms with E-state index >= 15 is 0 Å². The molecule has 0 aromatic heterocycles. The molecular formula is C19H27N3O2. The highest BCUT2D eigenvalue weighted by Gasteiger charge is 2.30. The van der Waals surface area contributed by atoms with Gasteiger partial charge in [0.25, 0.3) is 5.91 Å². The summed E-state index contributed by atoms with van der Waals surface area (Å²) in [6, 6.07) is 7.42.